The van der Waals surface area contributed by atoms with Crippen LogP contribution in [-0.4, -0.2) is 0 Å². The molecule has 0 atom stereocenters. The van der Waals surface area contributed by atoms with Crippen LogP contribution < -0.4 is 10.5 Å². The molecular formula is C11H9Br2NOS. The molecule has 0 aliphatic rings. The van der Waals surface area contributed by atoms with Crippen LogP contribution in [0.4, 0.5) is 5.69 Å². The van der Waals surface area contributed by atoms with Crippen molar-refractivity contribution in [3.63, 3.8) is 0 Å². The zero-order valence-electron chi connectivity index (χ0n) is 8.24. The predicted molar refractivity (Wildman–Crippen MR) is 74.9 cm³/mol. The van der Waals surface area contributed by atoms with Gasteiger partial charge in [0, 0.05) is 10.6 Å². The molecule has 2 N–H and O–H groups in total. The summed E-state index contributed by atoms with van der Waals surface area (Å²) in [6.07, 6.45) is 0. The Labute approximate surface area is 115 Å². The van der Waals surface area contributed by atoms with Crippen molar-refractivity contribution in [2.24, 2.45) is 0 Å². The van der Waals surface area contributed by atoms with Gasteiger partial charge in [-0.15, -0.1) is 11.3 Å². The van der Waals surface area contributed by atoms with E-state index in [1.165, 1.54) is 4.88 Å². The van der Waals surface area contributed by atoms with Crippen LogP contribution in [0.3, 0.4) is 0 Å². The lowest BCUT2D eigenvalue weighted by atomic mass is 10.3. The summed E-state index contributed by atoms with van der Waals surface area (Å²) in [6.45, 7) is 0.554. The highest BCUT2D eigenvalue weighted by atomic mass is 79.9. The molecule has 0 spiro atoms. The molecule has 2 rings (SSSR count). The first-order valence-corrected chi connectivity index (χ1v) is 6.98. The van der Waals surface area contributed by atoms with Gasteiger partial charge in [0.05, 0.1) is 8.26 Å². The van der Waals surface area contributed by atoms with Gasteiger partial charge in [-0.1, -0.05) is 6.07 Å². The Bertz CT molecular complexity index is 498. The number of rotatable bonds is 3. The number of nitrogens with two attached hydrogens (primary N) is 1. The highest BCUT2D eigenvalue weighted by Gasteiger charge is 2.05. The van der Waals surface area contributed by atoms with E-state index in [9.17, 15) is 0 Å². The molecule has 0 saturated carbocycles. The van der Waals surface area contributed by atoms with Gasteiger partial charge in [0.1, 0.15) is 12.4 Å². The molecule has 2 aromatic rings. The van der Waals surface area contributed by atoms with Crippen molar-refractivity contribution in [3.05, 3.63) is 43.5 Å². The van der Waals surface area contributed by atoms with Crippen molar-refractivity contribution >= 4 is 48.9 Å². The van der Waals surface area contributed by atoms with E-state index in [0.29, 0.717) is 12.3 Å². The first kappa shape index (κ1) is 12.0. The van der Waals surface area contributed by atoms with Crippen LogP contribution >= 0.6 is 43.2 Å². The Morgan fingerprint density at radius 2 is 2.00 bits per heavy atom. The predicted octanol–water partition coefficient (Wildman–Crippen LogP) is 4.43. The third-order valence-corrected chi connectivity index (χ3v) is 4.44. The van der Waals surface area contributed by atoms with E-state index >= 15 is 0 Å². The molecule has 16 heavy (non-hydrogen) atoms. The highest BCUT2D eigenvalue weighted by Crippen LogP contribution is 2.31. The quantitative estimate of drug-likeness (QED) is 0.819. The summed E-state index contributed by atoms with van der Waals surface area (Å²) in [5.74, 6) is 0.768. The molecule has 1 aromatic carbocycles. The molecule has 84 valence electrons. The van der Waals surface area contributed by atoms with E-state index in [-0.39, 0.29) is 0 Å². The normalized spacial score (nSPS) is 10.4. The summed E-state index contributed by atoms with van der Waals surface area (Å²) in [7, 11) is 0. The summed E-state index contributed by atoms with van der Waals surface area (Å²) in [4.78, 5) is 1.17. The first-order valence-electron chi connectivity index (χ1n) is 4.58. The summed E-state index contributed by atoms with van der Waals surface area (Å²) in [5.41, 5.74) is 6.45. The van der Waals surface area contributed by atoms with E-state index in [1.54, 1.807) is 11.3 Å². The van der Waals surface area contributed by atoms with E-state index in [4.69, 9.17) is 10.5 Å². The summed E-state index contributed by atoms with van der Waals surface area (Å²) in [6, 6.07) is 9.65. The van der Waals surface area contributed by atoms with Crippen LogP contribution in [0.5, 0.6) is 5.75 Å². The molecule has 2 nitrogen and oxygen atoms in total. The van der Waals surface area contributed by atoms with Gasteiger partial charge in [0.2, 0.25) is 0 Å². The largest absolute Gasteiger partial charge is 0.487 e. The number of hydrogen-bond donors (Lipinski definition) is 1. The zero-order valence-corrected chi connectivity index (χ0v) is 12.2. The van der Waals surface area contributed by atoms with Gasteiger partial charge >= 0.3 is 0 Å². The minimum atomic E-state index is 0.554. The third-order valence-electron chi connectivity index (χ3n) is 1.99. The Morgan fingerprint density at radius 3 is 2.69 bits per heavy atom. The average molecular weight is 363 g/mol. The lowest BCUT2D eigenvalue weighted by Crippen LogP contribution is -1.95. The van der Waals surface area contributed by atoms with Crippen molar-refractivity contribution in [2.75, 3.05) is 5.73 Å². The van der Waals surface area contributed by atoms with Crippen LogP contribution in [0.25, 0.3) is 0 Å². The Hall–Kier alpha value is -0.520. The second-order valence-corrected chi connectivity index (χ2v) is 6.49. The Kier molecular flexibility index (Phi) is 3.89. The lowest BCUT2D eigenvalue weighted by Gasteiger charge is -2.08. The van der Waals surface area contributed by atoms with Crippen LogP contribution in [-0.2, 0) is 6.61 Å². The Morgan fingerprint density at radius 1 is 1.19 bits per heavy atom. The molecule has 0 aliphatic heterocycles. The van der Waals surface area contributed by atoms with Gasteiger partial charge in [0.15, 0.2) is 0 Å². The lowest BCUT2D eigenvalue weighted by molar-refractivity contribution is 0.308. The number of benzene rings is 1. The van der Waals surface area contributed by atoms with E-state index in [1.807, 2.05) is 30.3 Å². The minimum absolute atomic E-state index is 0.554. The highest BCUT2D eigenvalue weighted by molar-refractivity contribution is 9.11. The van der Waals surface area contributed by atoms with Gasteiger partial charge in [-0.3, -0.25) is 0 Å². The maximum absolute atomic E-state index is 5.76. The van der Waals surface area contributed by atoms with Crippen LogP contribution in [0.1, 0.15) is 4.88 Å². The van der Waals surface area contributed by atoms with Crippen molar-refractivity contribution in [2.45, 2.75) is 6.61 Å². The van der Waals surface area contributed by atoms with Gasteiger partial charge in [-0.25, -0.2) is 0 Å². The number of ether oxygens (including phenoxy) is 1. The van der Waals surface area contributed by atoms with E-state index < -0.39 is 0 Å². The molecule has 0 amide bonds. The van der Waals surface area contributed by atoms with Crippen molar-refractivity contribution in [3.8, 4) is 5.75 Å². The molecular weight excluding hydrogens is 354 g/mol. The monoisotopic (exact) mass is 361 g/mol. The van der Waals surface area contributed by atoms with Crippen LogP contribution in [0, 0.1) is 0 Å². The number of halogens is 2. The fourth-order valence-corrected chi connectivity index (χ4v) is 2.99. The molecule has 0 radical (unpaired) electrons. The van der Waals surface area contributed by atoms with Crippen molar-refractivity contribution in [1.29, 1.82) is 0 Å². The van der Waals surface area contributed by atoms with Gasteiger partial charge < -0.3 is 10.5 Å². The third kappa shape index (κ3) is 2.78. The second kappa shape index (κ2) is 5.21. The molecule has 0 unspecified atom stereocenters. The molecule has 0 fully saturated rings. The molecule has 1 aromatic heterocycles. The fraction of sp³-hybridized carbons (Fsp3) is 0.0909. The Balaban J connectivity index is 2.07. The summed E-state index contributed by atoms with van der Waals surface area (Å²) in [5, 5.41) is 0. The average Bonchev–Trinajstić information content (AvgIpc) is 2.67. The van der Waals surface area contributed by atoms with Crippen molar-refractivity contribution in [1.82, 2.24) is 0 Å². The molecule has 0 bridgehead atoms. The van der Waals surface area contributed by atoms with Crippen LogP contribution in [0.15, 0.2) is 38.6 Å². The minimum Gasteiger partial charge on any atom is -0.487 e. The second-order valence-electron chi connectivity index (χ2n) is 3.15. The number of anilines is 1. The van der Waals surface area contributed by atoms with Gasteiger partial charge in [-0.2, -0.15) is 0 Å². The number of hydrogen-bond acceptors (Lipinski definition) is 3. The van der Waals surface area contributed by atoms with E-state index in [0.717, 1.165) is 14.0 Å². The van der Waals surface area contributed by atoms with Gasteiger partial charge in [0.25, 0.3) is 0 Å². The number of nitrogen functional groups attached to an aromatic ring is 1. The van der Waals surface area contributed by atoms with Crippen molar-refractivity contribution < 1.29 is 4.74 Å². The maximum atomic E-state index is 5.76. The molecule has 5 heteroatoms. The first-order chi connectivity index (χ1) is 7.66. The smallest absolute Gasteiger partial charge is 0.136 e. The standard InChI is InChI=1S/C11H9Br2NOS/c12-10-5-4-7(16-10)6-15-9-3-1-2-8(14)11(9)13/h1-5H,6,14H2. The molecule has 0 aliphatic carbocycles. The van der Waals surface area contributed by atoms with E-state index in [2.05, 4.69) is 31.9 Å². The SMILES string of the molecule is Nc1cccc(OCc2ccc(Br)s2)c1Br. The van der Waals surface area contributed by atoms with Crippen LogP contribution in [0.2, 0.25) is 0 Å². The fourth-order valence-electron chi connectivity index (χ4n) is 1.22. The number of thiophene rings is 1. The zero-order chi connectivity index (χ0) is 11.5. The summed E-state index contributed by atoms with van der Waals surface area (Å²) < 4.78 is 7.60. The van der Waals surface area contributed by atoms with Gasteiger partial charge in [-0.05, 0) is 56.1 Å². The molecule has 0 saturated heterocycles. The summed E-state index contributed by atoms with van der Waals surface area (Å²) >= 11 is 8.48. The topological polar surface area (TPSA) is 35.2 Å². The maximum Gasteiger partial charge on any atom is 0.136 e. The molecule has 1 heterocycles.